The second-order valence-corrected chi connectivity index (χ2v) is 6.19. The third kappa shape index (κ3) is 3.36. The highest BCUT2D eigenvalue weighted by atomic mass is 16.7. The molecule has 0 saturated carbocycles. The summed E-state index contributed by atoms with van der Waals surface area (Å²) in [5, 5.41) is 0. The van der Waals surface area contributed by atoms with Crippen LogP contribution < -0.4 is 14.9 Å². The van der Waals surface area contributed by atoms with E-state index in [4.69, 9.17) is 9.47 Å². The molecule has 4 rings (SSSR count). The Morgan fingerprint density at radius 2 is 1.84 bits per heavy atom. The van der Waals surface area contributed by atoms with Crippen molar-refractivity contribution in [3.05, 3.63) is 58.0 Å². The van der Waals surface area contributed by atoms with Gasteiger partial charge in [-0.05, 0) is 17.7 Å². The molecule has 1 saturated heterocycles. The number of benzene rings is 1. The Morgan fingerprint density at radius 3 is 2.64 bits per heavy atom. The maximum Gasteiger partial charge on any atom is 0.270 e. The van der Waals surface area contributed by atoms with E-state index in [-0.39, 0.29) is 18.1 Å². The Kier molecular flexibility index (Phi) is 4.15. The van der Waals surface area contributed by atoms with Crippen molar-refractivity contribution in [2.24, 2.45) is 0 Å². The van der Waals surface area contributed by atoms with Gasteiger partial charge in [-0.2, -0.15) is 0 Å². The molecule has 2 aliphatic heterocycles. The number of ether oxygens (including phenoxy) is 2. The standard InChI is InChI=1S/C18H19N3O4/c22-14-3-4-19-15(10-14)18(23)21-7-5-20(6-8-21)11-13-1-2-16-17(9-13)25-12-24-16/h1-4,9-10H,5-8,11-12H2,(H,19,22). The molecule has 1 aromatic heterocycles. The summed E-state index contributed by atoms with van der Waals surface area (Å²) in [7, 11) is 0. The van der Waals surface area contributed by atoms with E-state index in [0.29, 0.717) is 18.8 Å². The molecule has 0 radical (unpaired) electrons. The predicted molar refractivity (Wildman–Crippen MR) is 90.8 cm³/mol. The topological polar surface area (TPSA) is 74.9 Å². The number of pyridine rings is 1. The Morgan fingerprint density at radius 1 is 1.04 bits per heavy atom. The first-order valence-electron chi connectivity index (χ1n) is 8.28. The number of aromatic amines is 1. The third-order valence-corrected chi connectivity index (χ3v) is 4.51. The number of H-pyrrole nitrogens is 1. The number of nitrogens with zero attached hydrogens (tertiary/aromatic N) is 2. The molecule has 0 bridgehead atoms. The van der Waals surface area contributed by atoms with Crippen molar-refractivity contribution in [3.63, 3.8) is 0 Å². The summed E-state index contributed by atoms with van der Waals surface area (Å²) in [5.74, 6) is 1.45. The highest BCUT2D eigenvalue weighted by molar-refractivity contribution is 5.92. The lowest BCUT2D eigenvalue weighted by Gasteiger charge is -2.34. The number of piperazine rings is 1. The van der Waals surface area contributed by atoms with E-state index in [1.54, 1.807) is 4.90 Å². The lowest BCUT2D eigenvalue weighted by atomic mass is 10.1. The summed E-state index contributed by atoms with van der Waals surface area (Å²) < 4.78 is 10.7. The number of carbonyl (C=O) groups is 1. The van der Waals surface area contributed by atoms with Gasteiger partial charge in [0.15, 0.2) is 16.9 Å². The molecule has 1 amide bonds. The number of hydrogen-bond acceptors (Lipinski definition) is 5. The maximum absolute atomic E-state index is 12.5. The second-order valence-electron chi connectivity index (χ2n) is 6.19. The normalized spacial score (nSPS) is 16.9. The number of carbonyl (C=O) groups excluding carboxylic acids is 1. The summed E-state index contributed by atoms with van der Waals surface area (Å²) in [4.78, 5) is 30.8. The van der Waals surface area contributed by atoms with Crippen LogP contribution in [-0.4, -0.2) is 53.7 Å². The highest BCUT2D eigenvalue weighted by Crippen LogP contribution is 2.32. The van der Waals surface area contributed by atoms with Gasteiger partial charge in [-0.25, -0.2) is 0 Å². The molecule has 1 fully saturated rings. The molecule has 0 spiro atoms. The lowest BCUT2D eigenvalue weighted by Crippen LogP contribution is -2.48. The molecule has 1 aromatic carbocycles. The van der Waals surface area contributed by atoms with E-state index in [9.17, 15) is 9.59 Å². The molecule has 2 aliphatic rings. The van der Waals surface area contributed by atoms with Gasteiger partial charge in [0.2, 0.25) is 6.79 Å². The van der Waals surface area contributed by atoms with Crippen LogP contribution in [0.5, 0.6) is 11.5 Å². The van der Waals surface area contributed by atoms with Gasteiger partial charge in [-0.15, -0.1) is 0 Å². The average molecular weight is 341 g/mol. The van der Waals surface area contributed by atoms with Crippen LogP contribution >= 0.6 is 0 Å². The van der Waals surface area contributed by atoms with Crippen LogP contribution in [0.1, 0.15) is 16.1 Å². The first-order chi connectivity index (χ1) is 12.2. The first-order valence-corrected chi connectivity index (χ1v) is 8.28. The van der Waals surface area contributed by atoms with Gasteiger partial charge in [0.25, 0.3) is 5.91 Å². The van der Waals surface area contributed by atoms with Crippen LogP contribution in [0.3, 0.4) is 0 Å². The van der Waals surface area contributed by atoms with Crippen molar-refractivity contribution in [2.45, 2.75) is 6.54 Å². The molecule has 1 N–H and O–H groups in total. The number of hydrogen-bond donors (Lipinski definition) is 1. The van der Waals surface area contributed by atoms with Crippen molar-refractivity contribution in [3.8, 4) is 11.5 Å². The minimum atomic E-state index is -0.163. The van der Waals surface area contributed by atoms with E-state index in [1.165, 1.54) is 18.3 Å². The van der Waals surface area contributed by atoms with Gasteiger partial charge < -0.3 is 19.4 Å². The molecule has 3 heterocycles. The van der Waals surface area contributed by atoms with Crippen molar-refractivity contribution in [2.75, 3.05) is 33.0 Å². The monoisotopic (exact) mass is 341 g/mol. The minimum Gasteiger partial charge on any atom is -0.454 e. The molecule has 0 unspecified atom stereocenters. The van der Waals surface area contributed by atoms with Gasteiger partial charge in [0.1, 0.15) is 5.69 Å². The van der Waals surface area contributed by atoms with Crippen LogP contribution in [0.2, 0.25) is 0 Å². The molecule has 7 heteroatoms. The van der Waals surface area contributed by atoms with Gasteiger partial charge >= 0.3 is 0 Å². The fraction of sp³-hybridized carbons (Fsp3) is 0.333. The quantitative estimate of drug-likeness (QED) is 0.904. The zero-order valence-electron chi connectivity index (χ0n) is 13.7. The molecule has 130 valence electrons. The van der Waals surface area contributed by atoms with Gasteiger partial charge in [-0.1, -0.05) is 6.07 Å². The highest BCUT2D eigenvalue weighted by Gasteiger charge is 2.23. The number of nitrogens with one attached hydrogen (secondary N) is 1. The van der Waals surface area contributed by atoms with Crippen LogP contribution in [0.15, 0.2) is 41.3 Å². The molecule has 25 heavy (non-hydrogen) atoms. The molecular weight excluding hydrogens is 322 g/mol. The fourth-order valence-electron chi connectivity index (χ4n) is 3.15. The third-order valence-electron chi connectivity index (χ3n) is 4.51. The lowest BCUT2D eigenvalue weighted by molar-refractivity contribution is 0.0622. The minimum absolute atomic E-state index is 0.125. The molecule has 0 aliphatic carbocycles. The number of fused-ring (bicyclic) bond motifs is 1. The largest absolute Gasteiger partial charge is 0.454 e. The molecule has 7 nitrogen and oxygen atoms in total. The SMILES string of the molecule is O=C(c1cc(=O)cc[nH]1)N1CCN(Cc2ccc3c(c2)OCO3)CC1. The van der Waals surface area contributed by atoms with Gasteiger partial charge in [0.05, 0.1) is 0 Å². The molecule has 2 aromatic rings. The van der Waals surface area contributed by atoms with E-state index < -0.39 is 0 Å². The second kappa shape index (κ2) is 6.60. The summed E-state index contributed by atoms with van der Waals surface area (Å²) in [6.45, 7) is 3.94. The van der Waals surface area contributed by atoms with Crippen LogP contribution in [0.25, 0.3) is 0 Å². The predicted octanol–water partition coefficient (Wildman–Crippen LogP) is 1.06. The van der Waals surface area contributed by atoms with E-state index >= 15 is 0 Å². The Balaban J connectivity index is 1.35. The zero-order chi connectivity index (χ0) is 17.2. The molecule has 0 atom stereocenters. The Labute approximate surface area is 144 Å². The summed E-state index contributed by atoms with van der Waals surface area (Å²) in [6.07, 6.45) is 1.51. The number of aromatic nitrogens is 1. The Hall–Kier alpha value is -2.80. The zero-order valence-corrected chi connectivity index (χ0v) is 13.7. The van der Waals surface area contributed by atoms with Crippen molar-refractivity contribution >= 4 is 5.91 Å². The van der Waals surface area contributed by atoms with E-state index in [0.717, 1.165) is 36.7 Å². The van der Waals surface area contributed by atoms with Gasteiger partial charge in [-0.3, -0.25) is 14.5 Å². The number of rotatable bonds is 3. The van der Waals surface area contributed by atoms with Crippen molar-refractivity contribution in [1.29, 1.82) is 0 Å². The Bertz CT molecular complexity index is 840. The summed E-state index contributed by atoms with van der Waals surface area (Å²) in [6, 6.07) is 8.74. The summed E-state index contributed by atoms with van der Waals surface area (Å²) in [5.41, 5.74) is 1.34. The van der Waals surface area contributed by atoms with Crippen LogP contribution in [0, 0.1) is 0 Å². The smallest absolute Gasteiger partial charge is 0.270 e. The van der Waals surface area contributed by atoms with E-state index in [1.807, 2.05) is 18.2 Å². The first kappa shape index (κ1) is 15.7. The van der Waals surface area contributed by atoms with Gasteiger partial charge in [0, 0.05) is 51.1 Å². The average Bonchev–Trinajstić information content (AvgIpc) is 3.09. The summed E-state index contributed by atoms with van der Waals surface area (Å²) >= 11 is 0. The van der Waals surface area contributed by atoms with E-state index in [2.05, 4.69) is 9.88 Å². The van der Waals surface area contributed by atoms with Crippen LogP contribution in [0.4, 0.5) is 0 Å². The fourth-order valence-corrected chi connectivity index (χ4v) is 3.15. The number of amides is 1. The molecular formula is C18H19N3O4. The maximum atomic E-state index is 12.5. The van der Waals surface area contributed by atoms with Crippen molar-refractivity contribution < 1.29 is 14.3 Å². The van der Waals surface area contributed by atoms with Crippen molar-refractivity contribution in [1.82, 2.24) is 14.8 Å². The van der Waals surface area contributed by atoms with Crippen LogP contribution in [-0.2, 0) is 6.54 Å².